The molecule has 0 aliphatic carbocycles. The van der Waals surface area contributed by atoms with Crippen molar-refractivity contribution in [3.05, 3.63) is 65.7 Å². The first-order valence-electron chi connectivity index (χ1n) is 6.32. The maximum atomic E-state index is 6.12. The van der Waals surface area contributed by atoms with Crippen LogP contribution >= 0.6 is 0 Å². The summed E-state index contributed by atoms with van der Waals surface area (Å²) in [6.07, 6.45) is 0. The number of rotatable bonds is 3. The zero-order valence-corrected chi connectivity index (χ0v) is 11.0. The first-order valence-corrected chi connectivity index (χ1v) is 6.32. The van der Waals surface area contributed by atoms with Gasteiger partial charge in [0.1, 0.15) is 11.7 Å². The van der Waals surface area contributed by atoms with Crippen molar-refractivity contribution >= 4 is 0 Å². The van der Waals surface area contributed by atoms with Gasteiger partial charge >= 0.3 is 0 Å². The Kier molecular flexibility index (Phi) is 3.26. The van der Waals surface area contributed by atoms with Crippen LogP contribution in [0.4, 0.5) is 0 Å². The number of nitrogens with two attached hydrogens (primary N) is 1. The van der Waals surface area contributed by atoms with E-state index in [0.29, 0.717) is 17.4 Å². The molecule has 0 spiro atoms. The second-order valence-electron chi connectivity index (χ2n) is 4.51. The SMILES string of the molecule is Cc1cccc(-c2noc(C(N)c3ccccc3)n2)n1. The van der Waals surface area contributed by atoms with E-state index >= 15 is 0 Å². The van der Waals surface area contributed by atoms with Gasteiger partial charge in [0, 0.05) is 5.69 Å². The van der Waals surface area contributed by atoms with Crippen molar-refractivity contribution in [1.29, 1.82) is 0 Å². The lowest BCUT2D eigenvalue weighted by Crippen LogP contribution is -2.12. The Hall–Kier alpha value is -2.53. The molecule has 0 fully saturated rings. The highest BCUT2D eigenvalue weighted by Gasteiger charge is 2.17. The lowest BCUT2D eigenvalue weighted by molar-refractivity contribution is 0.367. The molecule has 0 radical (unpaired) electrons. The van der Waals surface area contributed by atoms with Crippen molar-refractivity contribution in [2.24, 2.45) is 5.73 Å². The molecule has 3 aromatic rings. The summed E-state index contributed by atoms with van der Waals surface area (Å²) in [5.74, 6) is 0.838. The van der Waals surface area contributed by atoms with Crippen LogP contribution in [-0.4, -0.2) is 15.1 Å². The molecule has 0 aliphatic rings. The Bertz CT molecular complexity index is 709. The van der Waals surface area contributed by atoms with Crippen LogP contribution in [0.25, 0.3) is 11.5 Å². The van der Waals surface area contributed by atoms with Crippen LogP contribution in [0.15, 0.2) is 53.1 Å². The molecule has 20 heavy (non-hydrogen) atoms. The van der Waals surface area contributed by atoms with E-state index in [0.717, 1.165) is 11.3 Å². The van der Waals surface area contributed by atoms with Gasteiger partial charge in [-0.1, -0.05) is 41.6 Å². The number of aryl methyl sites for hydroxylation is 1. The number of aromatic nitrogens is 3. The summed E-state index contributed by atoms with van der Waals surface area (Å²) in [7, 11) is 0. The summed E-state index contributed by atoms with van der Waals surface area (Å²) < 4.78 is 5.25. The summed E-state index contributed by atoms with van der Waals surface area (Å²) >= 11 is 0. The topological polar surface area (TPSA) is 77.8 Å². The monoisotopic (exact) mass is 266 g/mol. The Morgan fingerprint density at radius 1 is 1.00 bits per heavy atom. The molecular weight excluding hydrogens is 252 g/mol. The molecule has 1 aromatic carbocycles. The van der Waals surface area contributed by atoms with Crippen molar-refractivity contribution in [2.75, 3.05) is 0 Å². The highest BCUT2D eigenvalue weighted by Crippen LogP contribution is 2.20. The zero-order valence-electron chi connectivity index (χ0n) is 11.0. The fourth-order valence-corrected chi connectivity index (χ4v) is 1.94. The third-order valence-corrected chi connectivity index (χ3v) is 2.98. The van der Waals surface area contributed by atoms with Gasteiger partial charge in [0.25, 0.3) is 0 Å². The number of hydrogen-bond donors (Lipinski definition) is 1. The molecule has 2 heterocycles. The largest absolute Gasteiger partial charge is 0.337 e. The van der Waals surface area contributed by atoms with Gasteiger partial charge in [0.2, 0.25) is 11.7 Å². The molecule has 1 atom stereocenters. The predicted molar refractivity (Wildman–Crippen MR) is 74.7 cm³/mol. The molecule has 0 aliphatic heterocycles. The zero-order chi connectivity index (χ0) is 13.9. The molecule has 2 aromatic heterocycles. The normalized spacial score (nSPS) is 12.3. The molecule has 0 amide bonds. The van der Waals surface area contributed by atoms with Gasteiger partial charge < -0.3 is 10.3 Å². The van der Waals surface area contributed by atoms with Crippen molar-refractivity contribution < 1.29 is 4.52 Å². The van der Waals surface area contributed by atoms with Crippen LogP contribution in [0, 0.1) is 6.92 Å². The van der Waals surface area contributed by atoms with Crippen LogP contribution in [0.1, 0.15) is 23.2 Å². The van der Waals surface area contributed by atoms with Gasteiger partial charge in [-0.05, 0) is 24.6 Å². The highest BCUT2D eigenvalue weighted by atomic mass is 16.5. The second kappa shape index (κ2) is 5.22. The van der Waals surface area contributed by atoms with Gasteiger partial charge in [-0.25, -0.2) is 4.98 Å². The van der Waals surface area contributed by atoms with Crippen molar-refractivity contribution in [2.45, 2.75) is 13.0 Å². The van der Waals surface area contributed by atoms with Crippen LogP contribution in [0.2, 0.25) is 0 Å². The fraction of sp³-hybridized carbons (Fsp3) is 0.133. The first kappa shape index (κ1) is 12.5. The van der Waals surface area contributed by atoms with E-state index in [-0.39, 0.29) is 0 Å². The maximum absolute atomic E-state index is 6.12. The van der Waals surface area contributed by atoms with Gasteiger partial charge in [-0.2, -0.15) is 4.98 Å². The molecule has 0 saturated carbocycles. The quantitative estimate of drug-likeness (QED) is 0.788. The molecule has 0 saturated heterocycles. The highest BCUT2D eigenvalue weighted by molar-refractivity contribution is 5.48. The van der Waals surface area contributed by atoms with Gasteiger partial charge in [0.05, 0.1) is 0 Å². The van der Waals surface area contributed by atoms with E-state index in [2.05, 4.69) is 15.1 Å². The van der Waals surface area contributed by atoms with Crippen LogP contribution in [0.5, 0.6) is 0 Å². The van der Waals surface area contributed by atoms with Crippen molar-refractivity contribution in [3.8, 4) is 11.5 Å². The summed E-state index contributed by atoms with van der Waals surface area (Å²) in [6, 6.07) is 14.9. The molecule has 3 rings (SSSR count). The molecular formula is C15H14N4O. The summed E-state index contributed by atoms with van der Waals surface area (Å²) in [6.45, 7) is 1.92. The van der Waals surface area contributed by atoms with E-state index in [9.17, 15) is 0 Å². The third-order valence-electron chi connectivity index (χ3n) is 2.98. The van der Waals surface area contributed by atoms with Gasteiger partial charge in [0.15, 0.2) is 0 Å². The fourth-order valence-electron chi connectivity index (χ4n) is 1.94. The smallest absolute Gasteiger partial charge is 0.248 e. The summed E-state index contributed by atoms with van der Waals surface area (Å²) in [4.78, 5) is 8.70. The van der Waals surface area contributed by atoms with Gasteiger partial charge in [-0.3, -0.25) is 0 Å². The van der Waals surface area contributed by atoms with Gasteiger partial charge in [-0.15, -0.1) is 0 Å². The average Bonchev–Trinajstić information content (AvgIpc) is 2.97. The summed E-state index contributed by atoms with van der Waals surface area (Å²) in [5, 5.41) is 3.95. The van der Waals surface area contributed by atoms with Crippen molar-refractivity contribution in [3.63, 3.8) is 0 Å². The molecule has 5 heteroatoms. The Balaban J connectivity index is 1.91. The standard InChI is InChI=1S/C15H14N4O/c1-10-6-5-9-12(17-10)14-18-15(20-19-14)13(16)11-7-3-2-4-8-11/h2-9,13H,16H2,1H3. The van der Waals surface area contributed by atoms with E-state index in [1.165, 1.54) is 0 Å². The number of nitrogens with zero attached hydrogens (tertiary/aromatic N) is 3. The third kappa shape index (κ3) is 2.44. The minimum Gasteiger partial charge on any atom is -0.337 e. The van der Waals surface area contributed by atoms with Crippen LogP contribution in [0.3, 0.4) is 0 Å². The molecule has 0 bridgehead atoms. The van der Waals surface area contributed by atoms with E-state index in [1.54, 1.807) is 0 Å². The van der Waals surface area contributed by atoms with E-state index < -0.39 is 6.04 Å². The second-order valence-corrected chi connectivity index (χ2v) is 4.51. The minimum atomic E-state index is -0.428. The lowest BCUT2D eigenvalue weighted by atomic mass is 10.1. The summed E-state index contributed by atoms with van der Waals surface area (Å²) in [5.41, 5.74) is 8.64. The Morgan fingerprint density at radius 3 is 2.55 bits per heavy atom. The van der Waals surface area contributed by atoms with Crippen LogP contribution in [-0.2, 0) is 0 Å². The first-order chi connectivity index (χ1) is 9.74. The lowest BCUT2D eigenvalue weighted by Gasteiger charge is -2.05. The Labute approximate surface area is 116 Å². The Morgan fingerprint density at radius 2 is 1.80 bits per heavy atom. The molecule has 100 valence electrons. The van der Waals surface area contributed by atoms with Crippen LogP contribution < -0.4 is 5.73 Å². The molecule has 1 unspecified atom stereocenters. The molecule has 2 N–H and O–H groups in total. The maximum Gasteiger partial charge on any atom is 0.248 e. The number of pyridine rings is 1. The minimum absolute atomic E-state index is 0.384. The van der Waals surface area contributed by atoms with E-state index in [4.69, 9.17) is 10.3 Å². The van der Waals surface area contributed by atoms with E-state index in [1.807, 2.05) is 55.5 Å². The number of benzene rings is 1. The molecule has 5 nitrogen and oxygen atoms in total. The number of hydrogen-bond acceptors (Lipinski definition) is 5. The average molecular weight is 266 g/mol. The van der Waals surface area contributed by atoms with Crippen molar-refractivity contribution in [1.82, 2.24) is 15.1 Å². The predicted octanol–water partition coefficient (Wildman–Crippen LogP) is 2.49.